The van der Waals surface area contributed by atoms with Gasteiger partial charge in [-0.2, -0.15) is 8.75 Å². The molecule has 3 aromatic heterocycles. The van der Waals surface area contributed by atoms with Crippen LogP contribution in [-0.2, 0) is 19.1 Å². The molecule has 4 aliphatic rings. The van der Waals surface area contributed by atoms with Gasteiger partial charge >= 0.3 is 11.9 Å². The second-order valence-electron chi connectivity index (χ2n) is 17.8. The van der Waals surface area contributed by atoms with Crippen LogP contribution in [0.4, 0.5) is 0 Å². The summed E-state index contributed by atoms with van der Waals surface area (Å²) in [7, 11) is 2.96. The van der Waals surface area contributed by atoms with E-state index in [4.69, 9.17) is 27.7 Å². The van der Waals surface area contributed by atoms with Gasteiger partial charge in [-0.3, -0.25) is 9.59 Å². The number of hydrogen-bond donors (Lipinski definition) is 0. The third-order valence-electron chi connectivity index (χ3n) is 14.1. The van der Waals surface area contributed by atoms with E-state index in [0.29, 0.717) is 35.5 Å². The van der Waals surface area contributed by atoms with E-state index in [1.807, 2.05) is 22.7 Å². The summed E-state index contributed by atoms with van der Waals surface area (Å²) in [5.41, 5.74) is 3.66. The largest absolute Gasteiger partial charge is 0.486 e. The fraction of sp³-hybridized carbons (Fsp3) is 0.652. The first kappa shape index (κ1) is 40.7. The van der Waals surface area contributed by atoms with Crippen molar-refractivity contribution >= 4 is 57.4 Å². The summed E-state index contributed by atoms with van der Waals surface area (Å²) in [6.07, 6.45) is 13.3. The molecule has 4 fully saturated rings. The Kier molecular flexibility index (Phi) is 12.6. The molecule has 4 atom stereocenters. The highest BCUT2D eigenvalue weighted by molar-refractivity contribution is 7.16. The minimum absolute atomic E-state index is 0.0976. The van der Waals surface area contributed by atoms with E-state index in [2.05, 4.69) is 52.0 Å². The van der Waals surface area contributed by atoms with E-state index in [0.717, 1.165) is 94.8 Å². The highest BCUT2D eigenvalue weighted by Gasteiger charge is 2.38. The number of ether oxygens (including phenoxy) is 4. The zero-order valence-corrected chi connectivity index (χ0v) is 37.0. The fourth-order valence-corrected chi connectivity index (χ4v) is 14.4. The fourth-order valence-electron chi connectivity index (χ4n) is 11.0. The quantitative estimate of drug-likeness (QED) is 0.146. The van der Waals surface area contributed by atoms with E-state index in [1.165, 1.54) is 74.2 Å². The topological polar surface area (TPSA) is 96.8 Å². The van der Waals surface area contributed by atoms with Gasteiger partial charge in [0.1, 0.15) is 11.0 Å². The lowest BCUT2D eigenvalue weighted by atomic mass is 9.73. The number of fused-ring (bicyclic) bond motifs is 1. The summed E-state index contributed by atoms with van der Waals surface area (Å²) >= 11 is 5.02. The van der Waals surface area contributed by atoms with Gasteiger partial charge in [0.15, 0.2) is 11.5 Å². The van der Waals surface area contributed by atoms with Crippen molar-refractivity contribution in [1.29, 1.82) is 0 Å². The number of esters is 2. The van der Waals surface area contributed by atoms with Crippen molar-refractivity contribution in [1.82, 2.24) is 8.75 Å². The van der Waals surface area contributed by atoms with Gasteiger partial charge in [-0.05, 0) is 111 Å². The van der Waals surface area contributed by atoms with E-state index < -0.39 is 0 Å². The number of carbonyl (C=O) groups is 2. The molecule has 0 bridgehead atoms. The Morgan fingerprint density at radius 1 is 0.544 bits per heavy atom. The number of methoxy groups -OCH3 is 2. The summed E-state index contributed by atoms with van der Waals surface area (Å²) < 4.78 is 35.1. The van der Waals surface area contributed by atoms with Crippen LogP contribution in [0.15, 0.2) is 24.3 Å². The second kappa shape index (κ2) is 17.7. The van der Waals surface area contributed by atoms with Crippen LogP contribution in [0.1, 0.15) is 139 Å². The van der Waals surface area contributed by atoms with E-state index >= 15 is 0 Å². The van der Waals surface area contributed by atoms with Gasteiger partial charge in [0.2, 0.25) is 0 Å². The molecule has 0 amide bonds. The minimum atomic E-state index is -0.134. The normalized spacial score (nSPS) is 30.8. The molecule has 3 heterocycles. The molecule has 4 aliphatic carbocycles. The van der Waals surface area contributed by atoms with E-state index in [-0.39, 0.29) is 36.0 Å². The van der Waals surface area contributed by atoms with Crippen LogP contribution in [0.2, 0.25) is 0 Å². The maximum absolute atomic E-state index is 12.6. The number of thiophene rings is 2. The third-order valence-corrected chi connectivity index (χ3v) is 17.0. The summed E-state index contributed by atoms with van der Waals surface area (Å²) in [5.74, 6) is 4.57. The van der Waals surface area contributed by atoms with Crippen LogP contribution >= 0.6 is 34.4 Å². The average molecular weight is 833 g/mol. The Bertz CT molecular complexity index is 1860. The van der Waals surface area contributed by atoms with Crippen molar-refractivity contribution < 1.29 is 28.5 Å². The second-order valence-corrected chi connectivity index (χ2v) is 20.6. The maximum Gasteiger partial charge on any atom is 0.308 e. The van der Waals surface area contributed by atoms with Crippen molar-refractivity contribution in [3.05, 3.63) is 34.0 Å². The van der Waals surface area contributed by atoms with E-state index in [9.17, 15) is 9.59 Å². The highest BCUT2D eigenvalue weighted by atomic mass is 32.1. The molecule has 0 saturated heterocycles. The van der Waals surface area contributed by atoms with Gasteiger partial charge < -0.3 is 18.9 Å². The van der Waals surface area contributed by atoms with Gasteiger partial charge in [-0.15, -0.1) is 22.7 Å². The van der Waals surface area contributed by atoms with Crippen molar-refractivity contribution in [2.24, 2.45) is 35.5 Å². The smallest absolute Gasteiger partial charge is 0.308 e. The molecular weight excluding hydrogens is 773 g/mol. The molecule has 0 N–H and O–H groups in total. The lowest BCUT2D eigenvalue weighted by Crippen LogP contribution is -2.30. The molecule has 1 aromatic carbocycles. The molecule has 4 saturated carbocycles. The molecule has 4 unspecified atom stereocenters. The number of benzene rings is 1. The molecule has 0 aliphatic heterocycles. The Hall–Kier alpha value is -3.02. The minimum Gasteiger partial charge on any atom is -0.486 e. The molecule has 0 radical (unpaired) electrons. The predicted molar refractivity (Wildman–Crippen MR) is 231 cm³/mol. The maximum atomic E-state index is 12.6. The zero-order valence-electron chi connectivity index (χ0n) is 34.6. The van der Waals surface area contributed by atoms with E-state index in [1.54, 1.807) is 0 Å². The monoisotopic (exact) mass is 832 g/mol. The first-order valence-electron chi connectivity index (χ1n) is 21.7. The SMILES string of the molecule is COC(=O)C1CCC(Oc2c(OC3CCC(C(=O)OC)CC3)c(-c3ccc(C4C(C)CCCC4C)s3)c3nsnc3c2-c2ccc(C3C(C)CCCC3C)s2)CC1. The standard InChI is InChI=1S/C46H60N2O6S3/c1-25-9-7-10-26(2)37(25)33-21-23-35(55-33)39-41-42(48-57-47-41)40(36-24-22-34(56-36)38-27(3)11-8-12-28(38)4)44(54-32-19-15-30(16-20-32)46(50)52-6)43(39)53-31-17-13-29(14-18-31)45(49)51-5/h21-32,37-38H,7-20H2,1-6H3. The van der Waals surface area contributed by atoms with Crippen LogP contribution < -0.4 is 9.47 Å². The zero-order chi connectivity index (χ0) is 39.8. The number of aromatic nitrogens is 2. The average Bonchev–Trinajstić information content (AvgIpc) is 4.01. The molecule has 308 valence electrons. The summed E-state index contributed by atoms with van der Waals surface area (Å²) in [6.45, 7) is 9.67. The summed E-state index contributed by atoms with van der Waals surface area (Å²) in [4.78, 5) is 30.2. The number of nitrogens with zero attached hydrogens (tertiary/aromatic N) is 2. The molecule has 11 heteroatoms. The molecule has 8 rings (SSSR count). The Morgan fingerprint density at radius 2 is 0.912 bits per heavy atom. The lowest BCUT2D eigenvalue weighted by Gasteiger charge is -2.34. The van der Waals surface area contributed by atoms with Gasteiger partial charge in [0.25, 0.3) is 0 Å². The number of rotatable bonds is 10. The lowest BCUT2D eigenvalue weighted by molar-refractivity contribution is -0.148. The van der Waals surface area contributed by atoms with Crippen LogP contribution in [0.25, 0.3) is 31.9 Å². The Balaban J connectivity index is 1.28. The first-order valence-corrected chi connectivity index (χ1v) is 24.0. The van der Waals surface area contributed by atoms with Gasteiger partial charge in [0.05, 0.1) is 61.1 Å². The van der Waals surface area contributed by atoms with Crippen LogP contribution in [0.5, 0.6) is 11.5 Å². The van der Waals surface area contributed by atoms with Crippen molar-refractivity contribution in [2.75, 3.05) is 14.2 Å². The van der Waals surface area contributed by atoms with Crippen molar-refractivity contribution in [3.8, 4) is 32.4 Å². The van der Waals surface area contributed by atoms with Gasteiger partial charge in [-0.25, -0.2) is 0 Å². The predicted octanol–water partition coefficient (Wildman–Crippen LogP) is 12.4. The van der Waals surface area contributed by atoms with Crippen LogP contribution in [0, 0.1) is 35.5 Å². The molecule has 4 aromatic rings. The Morgan fingerprint density at radius 3 is 1.26 bits per heavy atom. The van der Waals surface area contributed by atoms with Gasteiger partial charge in [-0.1, -0.05) is 66.2 Å². The Labute approximate surface area is 350 Å². The van der Waals surface area contributed by atoms with Crippen LogP contribution in [-0.4, -0.2) is 47.1 Å². The molecular formula is C46H60N2O6S3. The number of hydrogen-bond acceptors (Lipinski definition) is 11. The number of carbonyl (C=O) groups excluding carboxylic acids is 2. The molecule has 0 spiro atoms. The first-order chi connectivity index (χ1) is 27.6. The molecule has 8 nitrogen and oxygen atoms in total. The highest BCUT2D eigenvalue weighted by Crippen LogP contribution is 2.56. The van der Waals surface area contributed by atoms with Crippen molar-refractivity contribution in [2.45, 2.75) is 142 Å². The van der Waals surface area contributed by atoms with Gasteiger partial charge in [0, 0.05) is 19.5 Å². The van der Waals surface area contributed by atoms with Crippen molar-refractivity contribution in [3.63, 3.8) is 0 Å². The summed E-state index contributed by atoms with van der Waals surface area (Å²) in [5, 5.41) is 0. The third kappa shape index (κ3) is 8.28. The molecule has 57 heavy (non-hydrogen) atoms. The van der Waals surface area contributed by atoms with Crippen LogP contribution in [0.3, 0.4) is 0 Å². The summed E-state index contributed by atoms with van der Waals surface area (Å²) in [6, 6.07) is 9.26.